The van der Waals surface area contributed by atoms with E-state index >= 15 is 0 Å². The van der Waals surface area contributed by atoms with Crippen LogP contribution in [0.3, 0.4) is 0 Å². The van der Waals surface area contributed by atoms with E-state index in [9.17, 15) is 14.4 Å². The number of thioether (sulfide) groups is 1. The van der Waals surface area contributed by atoms with Crippen molar-refractivity contribution in [1.29, 1.82) is 0 Å². The number of carbonyl (C=O) groups is 3. The molecule has 2 fully saturated rings. The lowest BCUT2D eigenvalue weighted by molar-refractivity contribution is -0.135. The first-order valence-electron chi connectivity index (χ1n) is 5.98. The van der Waals surface area contributed by atoms with Crippen LogP contribution in [0.4, 0.5) is 4.79 Å². The predicted octanol–water partition coefficient (Wildman–Crippen LogP) is -0.0599. The molecule has 1 atom stereocenters. The second-order valence-electron chi connectivity index (χ2n) is 4.65. The number of imide groups is 1. The van der Waals surface area contributed by atoms with Gasteiger partial charge in [-0.2, -0.15) is 11.8 Å². The first-order chi connectivity index (χ1) is 8.57. The van der Waals surface area contributed by atoms with Gasteiger partial charge in [-0.1, -0.05) is 0 Å². The highest BCUT2D eigenvalue weighted by Gasteiger charge is 2.49. The van der Waals surface area contributed by atoms with Crippen LogP contribution in [0.2, 0.25) is 0 Å². The predicted molar refractivity (Wildman–Crippen MR) is 68.2 cm³/mol. The van der Waals surface area contributed by atoms with Crippen LogP contribution in [-0.2, 0) is 9.59 Å². The van der Waals surface area contributed by atoms with Crippen LogP contribution in [0.25, 0.3) is 0 Å². The summed E-state index contributed by atoms with van der Waals surface area (Å²) in [6.45, 7) is 0.954. The van der Waals surface area contributed by atoms with Crippen LogP contribution in [0.5, 0.6) is 0 Å². The Hall–Kier alpha value is -1.24. The quantitative estimate of drug-likeness (QED) is 0.705. The molecule has 2 saturated heterocycles. The average molecular weight is 271 g/mol. The summed E-state index contributed by atoms with van der Waals surface area (Å²) < 4.78 is 0. The number of carbonyl (C=O) groups excluding carboxylic acids is 3. The van der Waals surface area contributed by atoms with E-state index in [1.54, 1.807) is 16.7 Å². The lowest BCUT2D eigenvalue weighted by Gasteiger charge is -2.38. The minimum Gasteiger partial charge on any atom is -0.340 e. The molecular formula is C11H17N3O3S. The Bertz CT molecular complexity index is 388. The summed E-state index contributed by atoms with van der Waals surface area (Å²) in [6, 6.07) is -0.460. The van der Waals surface area contributed by atoms with Crippen LogP contribution in [0.15, 0.2) is 0 Å². The largest absolute Gasteiger partial charge is 0.340 e. The van der Waals surface area contributed by atoms with Crippen molar-refractivity contribution in [2.45, 2.75) is 24.8 Å². The van der Waals surface area contributed by atoms with Gasteiger partial charge in [-0.25, -0.2) is 4.79 Å². The van der Waals surface area contributed by atoms with Crippen LogP contribution >= 0.6 is 11.8 Å². The molecule has 1 spiro atoms. The Morgan fingerprint density at radius 2 is 2.28 bits per heavy atom. The normalized spacial score (nSPS) is 27.3. The molecule has 2 aliphatic heterocycles. The average Bonchev–Trinajstić information content (AvgIpc) is 2.61. The number of urea groups is 1. The maximum Gasteiger partial charge on any atom is 0.322 e. The molecule has 2 N–H and O–H groups in total. The zero-order valence-electron chi connectivity index (χ0n) is 10.3. The fourth-order valence-electron chi connectivity index (χ4n) is 2.43. The molecule has 18 heavy (non-hydrogen) atoms. The second-order valence-corrected chi connectivity index (χ2v) is 5.64. The summed E-state index contributed by atoms with van der Waals surface area (Å²) in [4.78, 5) is 36.7. The fourth-order valence-corrected chi connectivity index (χ4v) is 2.81. The SMILES string of the molecule is CSCCC(=O)N1CCCC2(C1)NC(=O)NC2=O. The van der Waals surface area contributed by atoms with Gasteiger partial charge in [-0.15, -0.1) is 0 Å². The Labute approximate surface area is 110 Å². The van der Waals surface area contributed by atoms with Gasteiger partial charge < -0.3 is 10.2 Å². The van der Waals surface area contributed by atoms with Gasteiger partial charge >= 0.3 is 6.03 Å². The maximum atomic E-state index is 12.0. The van der Waals surface area contributed by atoms with Crippen LogP contribution < -0.4 is 10.6 Å². The lowest BCUT2D eigenvalue weighted by atomic mass is 9.89. The number of likely N-dealkylation sites (tertiary alicyclic amines) is 1. The molecular weight excluding hydrogens is 254 g/mol. The Balaban J connectivity index is 2.02. The fraction of sp³-hybridized carbons (Fsp3) is 0.727. The standard InChI is InChI=1S/C11H17N3O3S/c1-18-6-3-8(15)14-5-2-4-11(7-14)9(16)12-10(17)13-11/h2-7H2,1H3,(H2,12,13,16,17). The number of hydrogen-bond donors (Lipinski definition) is 2. The molecule has 6 nitrogen and oxygen atoms in total. The van der Waals surface area contributed by atoms with Gasteiger partial charge in [-0.3, -0.25) is 14.9 Å². The van der Waals surface area contributed by atoms with E-state index in [4.69, 9.17) is 0 Å². The van der Waals surface area contributed by atoms with Crippen molar-refractivity contribution in [1.82, 2.24) is 15.5 Å². The van der Waals surface area contributed by atoms with E-state index < -0.39 is 11.6 Å². The van der Waals surface area contributed by atoms with Gasteiger partial charge in [0.25, 0.3) is 5.91 Å². The number of nitrogens with zero attached hydrogens (tertiary/aromatic N) is 1. The highest BCUT2D eigenvalue weighted by atomic mass is 32.2. The molecule has 1 unspecified atom stereocenters. The van der Waals surface area contributed by atoms with Gasteiger partial charge in [0.15, 0.2) is 0 Å². The highest BCUT2D eigenvalue weighted by molar-refractivity contribution is 7.98. The minimum atomic E-state index is -0.898. The molecule has 0 bridgehead atoms. The molecule has 0 aliphatic carbocycles. The molecule has 2 aliphatic rings. The van der Waals surface area contributed by atoms with E-state index in [1.165, 1.54) is 0 Å². The molecule has 2 rings (SSSR count). The zero-order valence-corrected chi connectivity index (χ0v) is 11.1. The van der Waals surface area contributed by atoms with E-state index in [0.29, 0.717) is 19.4 Å². The number of nitrogens with one attached hydrogen (secondary N) is 2. The van der Waals surface area contributed by atoms with Crippen molar-refractivity contribution >= 4 is 29.6 Å². The number of piperidine rings is 1. The highest BCUT2D eigenvalue weighted by Crippen LogP contribution is 2.24. The smallest absolute Gasteiger partial charge is 0.322 e. The molecule has 0 aromatic rings. The number of hydrogen-bond acceptors (Lipinski definition) is 4. The van der Waals surface area contributed by atoms with Crippen molar-refractivity contribution in [2.75, 3.05) is 25.1 Å². The third-order valence-corrected chi connectivity index (χ3v) is 3.99. The summed E-state index contributed by atoms with van der Waals surface area (Å²) >= 11 is 1.62. The van der Waals surface area contributed by atoms with Crippen LogP contribution in [0.1, 0.15) is 19.3 Å². The molecule has 100 valence electrons. The second kappa shape index (κ2) is 5.17. The van der Waals surface area contributed by atoms with Gasteiger partial charge in [-0.05, 0) is 19.1 Å². The molecule has 0 aromatic carbocycles. The van der Waals surface area contributed by atoms with Crippen LogP contribution in [-0.4, -0.2) is 53.4 Å². The third-order valence-electron chi connectivity index (χ3n) is 3.38. The summed E-state index contributed by atoms with van der Waals surface area (Å²) in [5.41, 5.74) is -0.898. The third kappa shape index (κ3) is 2.45. The lowest BCUT2D eigenvalue weighted by Crippen LogP contribution is -2.59. The molecule has 4 amide bonds. The monoisotopic (exact) mass is 271 g/mol. The topological polar surface area (TPSA) is 78.5 Å². The van der Waals surface area contributed by atoms with Crippen molar-refractivity contribution < 1.29 is 14.4 Å². The van der Waals surface area contributed by atoms with E-state index in [-0.39, 0.29) is 18.4 Å². The Morgan fingerprint density at radius 1 is 1.50 bits per heavy atom. The van der Waals surface area contributed by atoms with E-state index in [0.717, 1.165) is 12.2 Å². The Kier molecular flexibility index (Phi) is 3.79. The summed E-state index contributed by atoms with van der Waals surface area (Å²) in [7, 11) is 0. The van der Waals surface area contributed by atoms with Crippen molar-refractivity contribution in [3.63, 3.8) is 0 Å². The van der Waals surface area contributed by atoms with E-state index in [2.05, 4.69) is 10.6 Å². The number of rotatable bonds is 3. The zero-order chi connectivity index (χ0) is 13.2. The van der Waals surface area contributed by atoms with Gasteiger partial charge in [0.1, 0.15) is 5.54 Å². The molecule has 0 aromatic heterocycles. The molecule has 7 heteroatoms. The van der Waals surface area contributed by atoms with Crippen molar-refractivity contribution in [2.24, 2.45) is 0 Å². The summed E-state index contributed by atoms with van der Waals surface area (Å²) in [5, 5.41) is 4.91. The van der Waals surface area contributed by atoms with Crippen LogP contribution in [0, 0.1) is 0 Å². The van der Waals surface area contributed by atoms with Gasteiger partial charge in [0.2, 0.25) is 5.91 Å². The van der Waals surface area contributed by atoms with Crippen molar-refractivity contribution in [3.8, 4) is 0 Å². The maximum absolute atomic E-state index is 12.0. The molecule has 0 radical (unpaired) electrons. The first kappa shape index (κ1) is 13.2. The first-order valence-corrected chi connectivity index (χ1v) is 7.37. The molecule has 0 saturated carbocycles. The minimum absolute atomic E-state index is 0.0531. The molecule has 2 heterocycles. The van der Waals surface area contributed by atoms with Gasteiger partial charge in [0.05, 0.1) is 6.54 Å². The summed E-state index contributed by atoms with van der Waals surface area (Å²) in [5.74, 6) is 0.521. The number of amides is 4. The van der Waals surface area contributed by atoms with Crippen molar-refractivity contribution in [3.05, 3.63) is 0 Å². The van der Waals surface area contributed by atoms with Gasteiger partial charge in [0, 0.05) is 18.7 Å². The summed E-state index contributed by atoms with van der Waals surface area (Å²) in [6.07, 6.45) is 3.76. The Morgan fingerprint density at radius 3 is 2.89 bits per heavy atom. The van der Waals surface area contributed by atoms with E-state index in [1.807, 2.05) is 6.26 Å².